The number of hydrogen-bond donors (Lipinski definition) is 8. The number of phenols is 4. The van der Waals surface area contributed by atoms with Crippen LogP contribution in [0.25, 0.3) is 22.3 Å². The number of fused-ring (bicyclic) bond motifs is 1. The normalized spacial score (nSPS) is 25.8. The monoisotopic (exact) mass is 448 g/mol. The molecule has 1 saturated heterocycles. The predicted molar refractivity (Wildman–Crippen MR) is 107 cm³/mol. The van der Waals surface area contributed by atoms with Gasteiger partial charge in [-0.2, -0.15) is 0 Å². The van der Waals surface area contributed by atoms with Crippen molar-refractivity contribution < 1.29 is 50.0 Å². The Kier molecular flexibility index (Phi) is 5.44. The fourth-order valence-corrected chi connectivity index (χ4v) is 3.74. The minimum absolute atomic E-state index is 0.0304. The maximum absolute atomic E-state index is 12.8. The molecule has 1 aliphatic heterocycles. The molecule has 32 heavy (non-hydrogen) atoms. The average Bonchev–Trinajstić information content (AvgIpc) is 2.74. The van der Waals surface area contributed by atoms with Crippen molar-refractivity contribution in [3.05, 3.63) is 46.1 Å². The van der Waals surface area contributed by atoms with E-state index in [1.807, 2.05) is 0 Å². The van der Waals surface area contributed by atoms with Crippen molar-refractivity contribution in [2.24, 2.45) is 0 Å². The summed E-state index contributed by atoms with van der Waals surface area (Å²) >= 11 is 0. The highest BCUT2D eigenvalue weighted by atomic mass is 16.5. The number of aliphatic hydroxyl groups excluding tert-OH is 4. The van der Waals surface area contributed by atoms with Gasteiger partial charge in [0.2, 0.25) is 0 Å². The van der Waals surface area contributed by atoms with Crippen LogP contribution >= 0.6 is 0 Å². The Bertz CT molecular complexity index is 1230. The zero-order valence-corrected chi connectivity index (χ0v) is 16.3. The fraction of sp³-hybridized carbons (Fsp3) is 0.286. The first-order valence-corrected chi connectivity index (χ1v) is 9.49. The summed E-state index contributed by atoms with van der Waals surface area (Å²) in [6.07, 6.45) is -8.09. The highest BCUT2D eigenvalue weighted by Crippen LogP contribution is 2.44. The van der Waals surface area contributed by atoms with Crippen LogP contribution in [0, 0.1) is 0 Å². The Balaban J connectivity index is 1.86. The van der Waals surface area contributed by atoms with Gasteiger partial charge in [0.05, 0.1) is 12.2 Å². The van der Waals surface area contributed by atoms with Crippen LogP contribution in [0.5, 0.6) is 23.0 Å². The SMILES string of the molecule is O=c1cc(-c2ccc(O)c(O)c2)oc2cc(O)c([C@H]3O[C@H](CO)[C@@H](O)[C@H](O)[C@@H]3O)c(O)c12. The first-order valence-electron chi connectivity index (χ1n) is 9.49. The summed E-state index contributed by atoms with van der Waals surface area (Å²) < 4.78 is 11.0. The molecule has 0 aliphatic carbocycles. The molecule has 0 spiro atoms. The lowest BCUT2D eigenvalue weighted by Crippen LogP contribution is -2.55. The Morgan fingerprint density at radius 3 is 2.22 bits per heavy atom. The van der Waals surface area contributed by atoms with E-state index in [1.54, 1.807) is 0 Å². The maximum Gasteiger partial charge on any atom is 0.197 e. The molecule has 0 radical (unpaired) electrons. The van der Waals surface area contributed by atoms with E-state index in [2.05, 4.69) is 0 Å². The van der Waals surface area contributed by atoms with E-state index >= 15 is 0 Å². The number of hydrogen-bond acceptors (Lipinski definition) is 11. The summed E-state index contributed by atoms with van der Waals surface area (Å²) in [5.41, 5.74) is -1.17. The van der Waals surface area contributed by atoms with Crippen LogP contribution in [0.3, 0.4) is 0 Å². The number of benzene rings is 2. The molecule has 2 heterocycles. The number of aliphatic hydroxyl groups is 4. The lowest BCUT2D eigenvalue weighted by molar-refractivity contribution is -0.232. The summed E-state index contributed by atoms with van der Waals surface area (Å²) in [6, 6.07) is 5.73. The van der Waals surface area contributed by atoms with Gasteiger partial charge in [-0.25, -0.2) is 0 Å². The smallest absolute Gasteiger partial charge is 0.197 e. The van der Waals surface area contributed by atoms with Gasteiger partial charge in [-0.1, -0.05) is 0 Å². The summed E-state index contributed by atoms with van der Waals surface area (Å²) in [4.78, 5) is 12.8. The molecule has 0 unspecified atom stereocenters. The predicted octanol–water partition coefficient (Wildman–Crippen LogP) is -0.203. The van der Waals surface area contributed by atoms with E-state index in [0.717, 1.165) is 18.2 Å². The molecular weight excluding hydrogens is 428 g/mol. The van der Waals surface area contributed by atoms with Gasteiger partial charge in [-0.15, -0.1) is 0 Å². The van der Waals surface area contributed by atoms with Crippen molar-refractivity contribution in [2.45, 2.75) is 30.5 Å². The quantitative estimate of drug-likeness (QED) is 0.247. The van der Waals surface area contributed by atoms with Crippen LogP contribution in [0.2, 0.25) is 0 Å². The molecule has 0 bridgehead atoms. The van der Waals surface area contributed by atoms with Gasteiger partial charge in [0.15, 0.2) is 16.9 Å². The highest BCUT2D eigenvalue weighted by molar-refractivity contribution is 5.88. The van der Waals surface area contributed by atoms with Crippen LogP contribution < -0.4 is 5.43 Å². The van der Waals surface area contributed by atoms with Crippen LogP contribution in [0.1, 0.15) is 11.7 Å². The molecule has 8 N–H and O–H groups in total. The molecule has 1 aliphatic rings. The lowest BCUT2D eigenvalue weighted by atomic mass is 9.89. The van der Waals surface area contributed by atoms with Crippen LogP contribution in [-0.2, 0) is 4.74 Å². The van der Waals surface area contributed by atoms with Gasteiger partial charge < -0.3 is 50.0 Å². The third-order valence-corrected chi connectivity index (χ3v) is 5.45. The van der Waals surface area contributed by atoms with Gasteiger partial charge in [-0.05, 0) is 18.2 Å². The second-order valence-electron chi connectivity index (χ2n) is 7.46. The van der Waals surface area contributed by atoms with Gasteiger partial charge in [0, 0.05) is 17.7 Å². The molecule has 2 aromatic carbocycles. The number of ether oxygens (including phenoxy) is 1. The molecule has 11 nitrogen and oxygen atoms in total. The molecule has 4 rings (SSSR count). The van der Waals surface area contributed by atoms with Crippen LogP contribution in [0.15, 0.2) is 39.5 Å². The van der Waals surface area contributed by atoms with E-state index in [1.165, 1.54) is 12.1 Å². The molecule has 0 saturated carbocycles. The largest absolute Gasteiger partial charge is 0.507 e. The summed E-state index contributed by atoms with van der Waals surface area (Å²) in [5, 5.41) is 79.6. The van der Waals surface area contributed by atoms with E-state index in [0.29, 0.717) is 0 Å². The van der Waals surface area contributed by atoms with Crippen molar-refractivity contribution in [1.29, 1.82) is 0 Å². The lowest BCUT2D eigenvalue weighted by Gasteiger charge is -2.40. The number of rotatable bonds is 3. The first kappa shape index (κ1) is 21.9. The zero-order chi connectivity index (χ0) is 23.3. The Morgan fingerprint density at radius 2 is 1.56 bits per heavy atom. The first-order chi connectivity index (χ1) is 15.1. The minimum atomic E-state index is -1.80. The second kappa shape index (κ2) is 7.97. The fourth-order valence-electron chi connectivity index (χ4n) is 3.74. The van der Waals surface area contributed by atoms with Crippen molar-refractivity contribution in [3.8, 4) is 34.3 Å². The Labute approximate surface area is 179 Å². The molecule has 5 atom stereocenters. The van der Waals surface area contributed by atoms with Crippen molar-refractivity contribution in [3.63, 3.8) is 0 Å². The van der Waals surface area contributed by atoms with E-state index in [-0.39, 0.29) is 28.0 Å². The third kappa shape index (κ3) is 3.42. The molecule has 3 aromatic rings. The molecule has 0 amide bonds. The third-order valence-electron chi connectivity index (χ3n) is 5.45. The van der Waals surface area contributed by atoms with Crippen molar-refractivity contribution in [1.82, 2.24) is 0 Å². The maximum atomic E-state index is 12.8. The summed E-state index contributed by atoms with van der Waals surface area (Å²) in [6.45, 7) is -0.721. The number of phenolic OH excluding ortho intramolecular Hbond substituents is 4. The summed E-state index contributed by atoms with van der Waals surface area (Å²) in [7, 11) is 0. The van der Waals surface area contributed by atoms with E-state index in [9.17, 15) is 45.6 Å². The second-order valence-corrected chi connectivity index (χ2v) is 7.46. The highest BCUT2D eigenvalue weighted by Gasteiger charge is 2.46. The standard InChI is InChI=1S/C21H20O11/c22-6-14-17(27)19(29)20(30)21(32-14)16-11(26)5-13-15(18(16)28)10(25)4-12(31-13)7-1-2-8(23)9(24)3-7/h1-5,14,17,19-24,26-30H,6H2/t14-,17-,19+,20+,21-/m1/s1. The molecule has 1 aromatic heterocycles. The van der Waals surface area contributed by atoms with Crippen LogP contribution in [-0.4, -0.2) is 71.9 Å². The van der Waals surface area contributed by atoms with Gasteiger partial charge in [0.25, 0.3) is 0 Å². The van der Waals surface area contributed by atoms with Gasteiger partial charge in [-0.3, -0.25) is 4.79 Å². The van der Waals surface area contributed by atoms with E-state index in [4.69, 9.17) is 9.15 Å². The Morgan fingerprint density at radius 1 is 0.844 bits per heavy atom. The topological polar surface area (TPSA) is 201 Å². The molecule has 170 valence electrons. The van der Waals surface area contributed by atoms with Crippen molar-refractivity contribution in [2.75, 3.05) is 6.61 Å². The number of aromatic hydroxyl groups is 4. The van der Waals surface area contributed by atoms with Gasteiger partial charge in [0.1, 0.15) is 58.7 Å². The molecule has 1 fully saturated rings. The van der Waals surface area contributed by atoms with Crippen LogP contribution in [0.4, 0.5) is 0 Å². The van der Waals surface area contributed by atoms with E-state index < -0.39 is 65.4 Å². The van der Waals surface area contributed by atoms with Crippen molar-refractivity contribution >= 4 is 11.0 Å². The average molecular weight is 448 g/mol. The summed E-state index contributed by atoms with van der Waals surface area (Å²) in [5.74, 6) is -2.28. The Hall–Kier alpha value is -3.35. The minimum Gasteiger partial charge on any atom is -0.507 e. The molecular formula is C21H20O11. The molecule has 11 heteroatoms. The van der Waals surface area contributed by atoms with Gasteiger partial charge >= 0.3 is 0 Å². The zero-order valence-electron chi connectivity index (χ0n) is 16.3.